The number of nitrogens with one attached hydrogen (secondary N) is 2. The Morgan fingerprint density at radius 2 is 1.68 bits per heavy atom. The molecule has 1 saturated heterocycles. The summed E-state index contributed by atoms with van der Waals surface area (Å²) in [6, 6.07) is 15.2. The first-order valence-electron chi connectivity index (χ1n) is 12.5. The predicted octanol–water partition coefficient (Wildman–Crippen LogP) is 4.50. The van der Waals surface area contributed by atoms with Crippen molar-refractivity contribution in [3.63, 3.8) is 0 Å². The molecular formula is C28H36N4O3S2. The molecule has 0 spiro atoms. The first-order valence-corrected chi connectivity index (χ1v) is 14.8. The van der Waals surface area contributed by atoms with E-state index >= 15 is 0 Å². The van der Waals surface area contributed by atoms with Crippen LogP contribution in [0.4, 0.5) is 5.69 Å². The standard InChI is InChI=1S/C28H36N4O3S2/c1-5-29-26(36)20-31-17-15-22(16-18-31)27(24-9-8-10-25(19-24)30-37(4,34)35)21-11-13-23(14-12-21)28(33)32(6-2)7-3/h5,8-14,19,30H,1,6-7,15-18,20H2,2-4H3,(H,29,36). The molecular weight excluding hydrogens is 504 g/mol. The van der Waals surface area contributed by atoms with Crippen molar-refractivity contribution in [2.45, 2.75) is 26.7 Å². The van der Waals surface area contributed by atoms with E-state index < -0.39 is 10.0 Å². The summed E-state index contributed by atoms with van der Waals surface area (Å²) in [6.07, 6.45) is 4.46. The van der Waals surface area contributed by atoms with Crippen molar-refractivity contribution in [3.05, 3.63) is 83.6 Å². The molecule has 0 radical (unpaired) electrons. The van der Waals surface area contributed by atoms with E-state index in [4.69, 9.17) is 12.2 Å². The summed E-state index contributed by atoms with van der Waals surface area (Å²) in [6.45, 7) is 11.3. The Kier molecular flexibility index (Phi) is 10.0. The Balaban J connectivity index is 1.97. The van der Waals surface area contributed by atoms with Crippen LogP contribution in [-0.4, -0.2) is 68.1 Å². The van der Waals surface area contributed by atoms with Crippen molar-refractivity contribution in [3.8, 4) is 0 Å². The molecule has 0 atom stereocenters. The zero-order valence-corrected chi connectivity index (χ0v) is 23.4. The van der Waals surface area contributed by atoms with Gasteiger partial charge in [-0.1, -0.05) is 48.6 Å². The number of rotatable bonds is 10. The summed E-state index contributed by atoms with van der Waals surface area (Å²) < 4.78 is 26.3. The van der Waals surface area contributed by atoms with E-state index in [9.17, 15) is 13.2 Å². The largest absolute Gasteiger partial charge is 0.356 e. The van der Waals surface area contributed by atoms with E-state index in [0.29, 0.717) is 30.9 Å². The molecule has 2 aromatic carbocycles. The number of likely N-dealkylation sites (tertiary alicyclic amines) is 1. The van der Waals surface area contributed by atoms with Gasteiger partial charge >= 0.3 is 0 Å². The van der Waals surface area contributed by atoms with Gasteiger partial charge in [0.25, 0.3) is 5.91 Å². The molecule has 1 fully saturated rings. The second-order valence-corrected chi connectivity index (χ2v) is 11.3. The van der Waals surface area contributed by atoms with Gasteiger partial charge in [-0.15, -0.1) is 0 Å². The van der Waals surface area contributed by atoms with Gasteiger partial charge in [0.15, 0.2) is 0 Å². The predicted molar refractivity (Wildman–Crippen MR) is 156 cm³/mol. The van der Waals surface area contributed by atoms with E-state index in [0.717, 1.165) is 53.9 Å². The van der Waals surface area contributed by atoms with Gasteiger partial charge in [-0.3, -0.25) is 14.4 Å². The molecule has 1 amide bonds. The summed E-state index contributed by atoms with van der Waals surface area (Å²) in [4.78, 5) is 17.7. The van der Waals surface area contributed by atoms with Gasteiger partial charge in [-0.2, -0.15) is 0 Å². The van der Waals surface area contributed by atoms with Gasteiger partial charge in [0.1, 0.15) is 0 Å². The molecule has 0 saturated carbocycles. The minimum atomic E-state index is -3.40. The van der Waals surface area contributed by atoms with Crippen molar-refractivity contribution >= 4 is 44.4 Å². The summed E-state index contributed by atoms with van der Waals surface area (Å²) >= 11 is 5.37. The maximum atomic E-state index is 12.8. The minimum absolute atomic E-state index is 0.0162. The zero-order valence-electron chi connectivity index (χ0n) is 21.8. The van der Waals surface area contributed by atoms with Crippen LogP contribution in [0.3, 0.4) is 0 Å². The molecule has 2 aromatic rings. The topological polar surface area (TPSA) is 81.8 Å². The lowest BCUT2D eigenvalue weighted by Crippen LogP contribution is -2.38. The van der Waals surface area contributed by atoms with Gasteiger partial charge in [0, 0.05) is 44.0 Å². The van der Waals surface area contributed by atoms with E-state index in [1.165, 1.54) is 5.57 Å². The fraction of sp³-hybridized carbons (Fsp3) is 0.357. The number of nitrogens with zero attached hydrogens (tertiary/aromatic N) is 2. The van der Waals surface area contributed by atoms with Crippen molar-refractivity contribution < 1.29 is 13.2 Å². The summed E-state index contributed by atoms with van der Waals surface area (Å²) in [5.41, 5.74) is 5.47. The van der Waals surface area contributed by atoms with Crippen molar-refractivity contribution in [2.24, 2.45) is 0 Å². The van der Waals surface area contributed by atoms with Crippen molar-refractivity contribution in [2.75, 3.05) is 43.7 Å². The number of hydrogen-bond donors (Lipinski definition) is 2. The number of benzene rings is 2. The molecule has 1 aliphatic rings. The molecule has 9 heteroatoms. The number of amides is 1. The summed E-state index contributed by atoms with van der Waals surface area (Å²) in [5, 5.41) is 2.99. The van der Waals surface area contributed by atoms with Crippen LogP contribution in [0.1, 0.15) is 48.2 Å². The zero-order chi connectivity index (χ0) is 27.0. The first kappa shape index (κ1) is 28.6. The highest BCUT2D eigenvalue weighted by atomic mass is 32.2. The first-order chi connectivity index (χ1) is 17.6. The average Bonchev–Trinajstić information content (AvgIpc) is 2.86. The summed E-state index contributed by atoms with van der Waals surface area (Å²) in [7, 11) is -3.40. The average molecular weight is 541 g/mol. The molecule has 0 unspecified atom stereocenters. The van der Waals surface area contributed by atoms with E-state index in [-0.39, 0.29) is 5.91 Å². The molecule has 2 N–H and O–H groups in total. The molecule has 1 aliphatic heterocycles. The van der Waals surface area contributed by atoms with Crippen molar-refractivity contribution in [1.29, 1.82) is 0 Å². The third-order valence-corrected chi connectivity index (χ3v) is 7.22. The molecule has 37 heavy (non-hydrogen) atoms. The van der Waals surface area contributed by atoms with Crippen LogP contribution in [0.15, 0.2) is 66.9 Å². The third kappa shape index (κ3) is 7.99. The van der Waals surface area contributed by atoms with Gasteiger partial charge in [0.2, 0.25) is 10.0 Å². The molecule has 7 nitrogen and oxygen atoms in total. The Labute approximate surface area is 226 Å². The number of sulfonamides is 1. The number of carbonyl (C=O) groups excluding carboxylic acids is 1. The van der Waals surface area contributed by atoms with Crippen LogP contribution in [-0.2, 0) is 10.0 Å². The quantitative estimate of drug-likeness (QED) is 0.432. The maximum Gasteiger partial charge on any atom is 0.253 e. The number of piperidine rings is 1. The molecule has 0 aromatic heterocycles. The van der Waals surface area contributed by atoms with Gasteiger partial charge in [0.05, 0.1) is 11.2 Å². The van der Waals surface area contributed by atoms with Crippen LogP contribution < -0.4 is 10.0 Å². The normalized spacial score (nSPS) is 14.1. The number of carbonyl (C=O) groups is 1. The lowest BCUT2D eigenvalue weighted by Gasteiger charge is -2.30. The van der Waals surface area contributed by atoms with E-state index in [1.54, 1.807) is 17.2 Å². The highest BCUT2D eigenvalue weighted by Gasteiger charge is 2.21. The van der Waals surface area contributed by atoms with Gasteiger partial charge < -0.3 is 10.2 Å². The second kappa shape index (κ2) is 13.0. The monoisotopic (exact) mass is 540 g/mol. The van der Waals surface area contributed by atoms with E-state index in [2.05, 4.69) is 21.5 Å². The third-order valence-electron chi connectivity index (χ3n) is 6.37. The van der Waals surface area contributed by atoms with Gasteiger partial charge in [-0.05, 0) is 73.9 Å². The minimum Gasteiger partial charge on any atom is -0.356 e. The Bertz CT molecular complexity index is 1260. The van der Waals surface area contributed by atoms with Crippen LogP contribution in [0.25, 0.3) is 5.57 Å². The molecule has 0 aliphatic carbocycles. The SMILES string of the molecule is C=CNC(=S)CN1CCC(=C(c2ccc(C(=O)N(CC)CC)cc2)c2cccc(NS(C)(=O)=O)c2)CC1. The highest BCUT2D eigenvalue weighted by molar-refractivity contribution is 7.92. The maximum absolute atomic E-state index is 12.8. The molecule has 3 rings (SSSR count). The van der Waals surface area contributed by atoms with Crippen molar-refractivity contribution in [1.82, 2.24) is 15.1 Å². The number of thiocarbonyl (C=S) groups is 1. The molecule has 0 bridgehead atoms. The fourth-order valence-electron chi connectivity index (χ4n) is 4.59. The second-order valence-electron chi connectivity index (χ2n) is 9.04. The highest BCUT2D eigenvalue weighted by Crippen LogP contribution is 2.34. The number of anilines is 1. The molecule has 198 valence electrons. The van der Waals surface area contributed by atoms with Crippen LogP contribution in [0.5, 0.6) is 0 Å². The fourth-order valence-corrected chi connectivity index (χ4v) is 5.41. The lowest BCUT2D eigenvalue weighted by molar-refractivity contribution is 0.0773. The van der Waals surface area contributed by atoms with Gasteiger partial charge in [-0.25, -0.2) is 8.42 Å². The number of hydrogen-bond acceptors (Lipinski definition) is 5. The lowest BCUT2D eigenvalue weighted by atomic mass is 9.88. The van der Waals surface area contributed by atoms with Crippen LogP contribution in [0.2, 0.25) is 0 Å². The molecule has 1 heterocycles. The van der Waals surface area contributed by atoms with Crippen LogP contribution in [0, 0.1) is 0 Å². The van der Waals surface area contributed by atoms with Crippen LogP contribution >= 0.6 is 12.2 Å². The Morgan fingerprint density at radius 1 is 1.05 bits per heavy atom. The Morgan fingerprint density at radius 3 is 2.24 bits per heavy atom. The smallest absolute Gasteiger partial charge is 0.253 e. The summed E-state index contributed by atoms with van der Waals surface area (Å²) in [5.74, 6) is 0.0162. The van der Waals surface area contributed by atoms with E-state index in [1.807, 2.05) is 56.3 Å². The Hall–Kier alpha value is -3.01.